The van der Waals surface area contributed by atoms with Crippen LogP contribution in [0, 0.1) is 31.7 Å². The van der Waals surface area contributed by atoms with E-state index >= 15 is 0 Å². The molecule has 0 spiro atoms. The molecule has 8 heteroatoms. The molecule has 0 aromatic heterocycles. The number of benzene rings is 2. The zero-order valence-corrected chi connectivity index (χ0v) is 32.7. The number of aryl methyl sites for hydroxylation is 2. The maximum absolute atomic E-state index is 7.28. The molecule has 6 nitrogen and oxygen atoms in total. The summed E-state index contributed by atoms with van der Waals surface area (Å²) in [6.07, 6.45) is 13.5. The van der Waals surface area contributed by atoms with Gasteiger partial charge in [0.1, 0.15) is 5.75 Å². The highest BCUT2D eigenvalue weighted by Gasteiger charge is 2.44. The highest BCUT2D eigenvalue weighted by Crippen LogP contribution is 2.54. The molecule has 266 valence electrons. The van der Waals surface area contributed by atoms with Crippen molar-refractivity contribution in [3.63, 3.8) is 0 Å². The number of allylic oxidation sites excluding steroid dienone is 3. The fourth-order valence-electron chi connectivity index (χ4n) is 7.88. The molecule has 0 fully saturated rings. The summed E-state index contributed by atoms with van der Waals surface area (Å²) in [5, 5.41) is 8.48. The zero-order chi connectivity index (χ0) is 36.2. The van der Waals surface area contributed by atoms with Gasteiger partial charge in [-0.25, -0.2) is 0 Å². The second-order valence-electron chi connectivity index (χ2n) is 14.8. The third kappa shape index (κ3) is 8.46. The summed E-state index contributed by atoms with van der Waals surface area (Å²) in [6, 6.07) is 11.5. The predicted molar refractivity (Wildman–Crippen MR) is 211 cm³/mol. The number of likely N-dealkylation sites (N-methyl/N-ethyl adjacent to an activating group) is 2. The maximum atomic E-state index is 7.28. The summed E-state index contributed by atoms with van der Waals surface area (Å²) in [5.41, 5.74) is 16.8. The van der Waals surface area contributed by atoms with Crippen LogP contribution >= 0.6 is 23.2 Å². The summed E-state index contributed by atoms with van der Waals surface area (Å²) < 4.78 is 6.33. The van der Waals surface area contributed by atoms with Gasteiger partial charge in [0.2, 0.25) is 0 Å². The Kier molecular flexibility index (Phi) is 12.9. The Labute approximate surface area is 306 Å². The van der Waals surface area contributed by atoms with E-state index in [4.69, 9.17) is 40.1 Å². The summed E-state index contributed by atoms with van der Waals surface area (Å²) in [4.78, 5) is 4.54. The largest absolute Gasteiger partial charge is 0.494 e. The van der Waals surface area contributed by atoms with E-state index in [-0.39, 0.29) is 29.5 Å². The van der Waals surface area contributed by atoms with Gasteiger partial charge in [-0.1, -0.05) is 62.5 Å². The zero-order valence-electron chi connectivity index (χ0n) is 31.2. The summed E-state index contributed by atoms with van der Waals surface area (Å²) in [5.74, 6) is 1.09. The Morgan fingerprint density at radius 3 is 2.45 bits per heavy atom. The molecule has 2 aromatic carbocycles. The molecule has 1 aliphatic heterocycles. The van der Waals surface area contributed by atoms with Crippen LogP contribution in [0.25, 0.3) is 5.57 Å². The molecule has 4 N–H and O–H groups in total. The molecule has 2 aliphatic rings. The molecular formula is C41H57Cl2N5O. The van der Waals surface area contributed by atoms with Gasteiger partial charge in [0, 0.05) is 78.4 Å². The lowest BCUT2D eigenvalue weighted by atomic mass is 9.79. The maximum Gasteiger partial charge on any atom is 0.119 e. The Bertz CT molecular complexity index is 1620. The second kappa shape index (κ2) is 16.3. The van der Waals surface area contributed by atoms with E-state index < -0.39 is 0 Å². The van der Waals surface area contributed by atoms with Crippen molar-refractivity contribution >= 4 is 34.5 Å². The third-order valence-electron chi connectivity index (χ3n) is 10.1. The quantitative estimate of drug-likeness (QED) is 0.110. The molecule has 1 aliphatic carbocycles. The number of rotatable bonds is 13. The van der Waals surface area contributed by atoms with E-state index in [0.717, 1.165) is 76.1 Å². The number of hydrogen-bond donors (Lipinski definition) is 3. The van der Waals surface area contributed by atoms with Crippen molar-refractivity contribution in [3.05, 3.63) is 85.7 Å². The first-order valence-electron chi connectivity index (χ1n) is 17.5. The van der Waals surface area contributed by atoms with Crippen LogP contribution in [0.4, 0.5) is 5.69 Å². The van der Waals surface area contributed by atoms with E-state index in [2.05, 4.69) is 80.5 Å². The number of halogens is 2. The standard InChI is InChI=1S/C41H57Cl2N5O/c1-12-47(11)35-18-15-30(44)22-29(35)23-36-32(14-13-19-49-31-20-25(2)39(43)26(3)21-31)33-16-17-34(42)37(38(28(5)46-10)41(6,7)8)40(33)48(36)27(4)24-45-9/h1,15-18,20-21,27,30,32,36,45-46H,13-14,19,22-24,44H2,2-11H3/b38-28-/t27-,30?,32?,36?/m1/s1. The van der Waals surface area contributed by atoms with E-state index in [1.807, 2.05) is 52.0 Å². The van der Waals surface area contributed by atoms with Gasteiger partial charge in [-0.15, -0.1) is 0 Å². The van der Waals surface area contributed by atoms with E-state index in [1.54, 1.807) is 0 Å². The van der Waals surface area contributed by atoms with Crippen LogP contribution in [0.3, 0.4) is 0 Å². The lowest BCUT2D eigenvalue weighted by Gasteiger charge is -2.39. The molecule has 1 heterocycles. The van der Waals surface area contributed by atoms with Crippen molar-refractivity contribution in [1.29, 1.82) is 0 Å². The van der Waals surface area contributed by atoms with Crippen molar-refractivity contribution in [3.8, 4) is 18.2 Å². The summed E-state index contributed by atoms with van der Waals surface area (Å²) in [7, 11) is 5.97. The van der Waals surface area contributed by atoms with E-state index in [1.165, 1.54) is 22.4 Å². The number of fused-ring (bicyclic) bond motifs is 1. The molecular weight excluding hydrogens is 649 g/mol. The lowest BCUT2D eigenvalue weighted by Crippen LogP contribution is -2.46. The predicted octanol–water partition coefficient (Wildman–Crippen LogP) is 8.80. The Morgan fingerprint density at radius 2 is 1.86 bits per heavy atom. The number of nitrogens with one attached hydrogen (secondary N) is 2. The summed E-state index contributed by atoms with van der Waals surface area (Å²) >= 11 is 13.7. The Morgan fingerprint density at radius 1 is 1.18 bits per heavy atom. The molecule has 0 saturated heterocycles. The molecule has 49 heavy (non-hydrogen) atoms. The normalized spacial score (nSPS) is 20.2. The van der Waals surface area contributed by atoms with Crippen molar-refractivity contribution in [2.24, 2.45) is 11.1 Å². The third-order valence-corrected chi connectivity index (χ3v) is 11.0. The van der Waals surface area contributed by atoms with Gasteiger partial charge in [0.25, 0.3) is 0 Å². The number of ether oxygens (including phenoxy) is 1. The molecule has 0 saturated carbocycles. The first-order chi connectivity index (χ1) is 23.1. The number of terminal acetylenes is 1. The lowest BCUT2D eigenvalue weighted by molar-refractivity contribution is 0.296. The van der Waals surface area contributed by atoms with Gasteiger partial charge in [-0.2, -0.15) is 0 Å². The number of anilines is 1. The van der Waals surface area contributed by atoms with Crippen molar-refractivity contribution in [2.45, 2.75) is 98.2 Å². The van der Waals surface area contributed by atoms with Gasteiger partial charge < -0.3 is 30.9 Å². The van der Waals surface area contributed by atoms with Gasteiger partial charge in [0.05, 0.1) is 11.6 Å². The smallest absolute Gasteiger partial charge is 0.119 e. The van der Waals surface area contributed by atoms with Crippen LogP contribution in [0.5, 0.6) is 5.75 Å². The molecule has 0 radical (unpaired) electrons. The Balaban J connectivity index is 1.87. The minimum absolute atomic E-state index is 0.0475. The minimum atomic E-state index is -0.161. The van der Waals surface area contributed by atoms with Gasteiger partial charge in [0.15, 0.2) is 0 Å². The second-order valence-corrected chi connectivity index (χ2v) is 15.6. The minimum Gasteiger partial charge on any atom is -0.494 e. The highest BCUT2D eigenvalue weighted by atomic mass is 35.5. The molecule has 0 amide bonds. The number of nitrogens with zero attached hydrogens (tertiary/aromatic N) is 2. The molecule has 3 unspecified atom stereocenters. The van der Waals surface area contributed by atoms with Crippen LogP contribution < -0.4 is 26.0 Å². The van der Waals surface area contributed by atoms with Crippen LogP contribution in [0.1, 0.15) is 88.5 Å². The molecule has 4 rings (SSSR count). The average molecular weight is 707 g/mol. The topological polar surface area (TPSA) is 65.8 Å². The molecule has 0 bridgehead atoms. The van der Waals surface area contributed by atoms with E-state index in [9.17, 15) is 0 Å². The molecule has 2 aromatic rings. The SMILES string of the molecule is C#CN(C)C1=C(CC2C(CCCOc3cc(C)c(Cl)c(C)c3)c3ccc(Cl)c(/C(=C(\C)NC)C(C)(C)C)c3N2[C@H](C)CNC)CC(N)C=C1. The average Bonchev–Trinajstić information content (AvgIpc) is 3.34. The Hall–Kier alpha value is -3.08. The first-order valence-corrected chi connectivity index (χ1v) is 18.3. The van der Waals surface area contributed by atoms with Crippen LogP contribution in [0.2, 0.25) is 10.0 Å². The summed E-state index contributed by atoms with van der Waals surface area (Å²) in [6.45, 7) is 16.8. The number of hydrogen-bond acceptors (Lipinski definition) is 6. The highest BCUT2D eigenvalue weighted by molar-refractivity contribution is 6.33. The van der Waals surface area contributed by atoms with Crippen molar-refractivity contribution < 1.29 is 4.74 Å². The van der Waals surface area contributed by atoms with Crippen LogP contribution in [0.15, 0.2) is 53.4 Å². The van der Waals surface area contributed by atoms with Crippen molar-refractivity contribution in [2.75, 3.05) is 39.2 Å². The fourth-order valence-corrected chi connectivity index (χ4v) is 8.23. The monoisotopic (exact) mass is 705 g/mol. The van der Waals surface area contributed by atoms with Gasteiger partial charge >= 0.3 is 0 Å². The van der Waals surface area contributed by atoms with Crippen LogP contribution in [-0.2, 0) is 0 Å². The number of nitrogens with two attached hydrogens (primary N) is 1. The van der Waals surface area contributed by atoms with Gasteiger partial charge in [-0.3, -0.25) is 0 Å². The van der Waals surface area contributed by atoms with Gasteiger partial charge in [-0.05, 0) is 118 Å². The van der Waals surface area contributed by atoms with E-state index in [0.29, 0.717) is 6.61 Å². The van der Waals surface area contributed by atoms with Crippen LogP contribution in [-0.4, -0.2) is 57.3 Å². The molecule has 4 atom stereocenters. The van der Waals surface area contributed by atoms with Crippen molar-refractivity contribution in [1.82, 2.24) is 15.5 Å². The fraction of sp³-hybridized carbons (Fsp3) is 0.512. The first kappa shape index (κ1) is 38.7.